The van der Waals surface area contributed by atoms with Gasteiger partial charge < -0.3 is 0 Å². The maximum Gasteiger partial charge on any atom is 0.155 e. The molecule has 0 aliphatic heterocycles. The molecule has 4 rings (SSSR count). The number of alkyl halides is 1. The Kier molecular flexibility index (Phi) is 3.60. The fourth-order valence-electron chi connectivity index (χ4n) is 6.14. The second kappa shape index (κ2) is 5.22. The van der Waals surface area contributed by atoms with Gasteiger partial charge in [-0.1, -0.05) is 24.4 Å². The molecule has 3 heteroatoms. The molecule has 0 amide bonds. The summed E-state index contributed by atoms with van der Waals surface area (Å²) in [4.78, 5) is -0.453. The Bertz CT molecular complexity index is 433. The predicted octanol–water partition coefficient (Wildman–Crippen LogP) is 5.65. The zero-order chi connectivity index (χ0) is 14.6. The first kappa shape index (κ1) is 14.5. The van der Waals surface area contributed by atoms with E-state index >= 15 is 0 Å². The van der Waals surface area contributed by atoms with Crippen LogP contribution in [0.15, 0.2) is 10.2 Å². The average molecular weight is 309 g/mol. The molecule has 4 bridgehead atoms. The first-order valence-electron chi connectivity index (χ1n) is 9.14. The second-order valence-electron chi connectivity index (χ2n) is 8.60. The van der Waals surface area contributed by atoms with Gasteiger partial charge in [0.05, 0.1) is 6.04 Å². The van der Waals surface area contributed by atoms with Crippen LogP contribution in [-0.2, 0) is 0 Å². The van der Waals surface area contributed by atoms with Crippen LogP contribution in [0.5, 0.6) is 0 Å². The Morgan fingerprint density at radius 2 is 1.62 bits per heavy atom. The normalized spacial score (nSPS) is 49.1. The standard InChI is InChI=1S/C18H29ClN2/c1-11(16-9-12-3-5-14(16)7-12)20-21-18(2,19)17-10-13-4-6-15(17)8-13/h11-17H,3-10H2,1-2H3. The van der Waals surface area contributed by atoms with Crippen molar-refractivity contribution < 1.29 is 0 Å². The Balaban J connectivity index is 1.40. The van der Waals surface area contributed by atoms with Crippen LogP contribution in [0.2, 0.25) is 0 Å². The van der Waals surface area contributed by atoms with Crippen LogP contribution in [0.25, 0.3) is 0 Å². The summed E-state index contributed by atoms with van der Waals surface area (Å²) in [5, 5.41) is 9.39. The first-order chi connectivity index (χ1) is 10.0. The van der Waals surface area contributed by atoms with E-state index in [0.717, 1.165) is 29.6 Å². The van der Waals surface area contributed by atoms with Gasteiger partial charge in [-0.3, -0.25) is 0 Å². The lowest BCUT2D eigenvalue weighted by atomic mass is 9.83. The van der Waals surface area contributed by atoms with Crippen molar-refractivity contribution in [1.29, 1.82) is 0 Å². The van der Waals surface area contributed by atoms with Gasteiger partial charge in [-0.15, -0.1) is 0 Å². The molecule has 0 aromatic carbocycles. The molecule has 0 saturated heterocycles. The molecule has 0 heterocycles. The smallest absolute Gasteiger partial charge is 0.155 e. The molecule has 4 aliphatic carbocycles. The van der Waals surface area contributed by atoms with E-state index in [9.17, 15) is 0 Å². The topological polar surface area (TPSA) is 24.7 Å². The number of rotatable bonds is 4. The molecule has 2 nitrogen and oxygen atoms in total. The van der Waals surface area contributed by atoms with Gasteiger partial charge in [0.2, 0.25) is 0 Å². The highest BCUT2D eigenvalue weighted by atomic mass is 35.5. The summed E-state index contributed by atoms with van der Waals surface area (Å²) in [6.45, 7) is 4.37. The highest BCUT2D eigenvalue weighted by Crippen LogP contribution is 2.54. The minimum Gasteiger partial charge on any atom is -0.189 e. The fraction of sp³-hybridized carbons (Fsp3) is 1.00. The Labute approximate surface area is 134 Å². The summed E-state index contributed by atoms with van der Waals surface area (Å²) in [6.07, 6.45) is 11.2. The lowest BCUT2D eigenvalue weighted by Gasteiger charge is -2.32. The highest BCUT2D eigenvalue weighted by Gasteiger charge is 2.48. The zero-order valence-corrected chi connectivity index (χ0v) is 14.2. The van der Waals surface area contributed by atoms with Crippen LogP contribution in [0, 0.1) is 35.5 Å². The molecule has 0 aromatic heterocycles. The fourth-order valence-corrected chi connectivity index (χ4v) is 6.45. The molecule has 4 fully saturated rings. The summed E-state index contributed by atoms with van der Waals surface area (Å²) in [5.41, 5.74) is 0. The summed E-state index contributed by atoms with van der Waals surface area (Å²) >= 11 is 6.81. The molecular weight excluding hydrogens is 280 g/mol. The van der Waals surface area contributed by atoms with Gasteiger partial charge in [-0.2, -0.15) is 10.2 Å². The molecular formula is C18H29ClN2. The van der Waals surface area contributed by atoms with E-state index in [-0.39, 0.29) is 0 Å². The molecule has 118 valence electrons. The lowest BCUT2D eigenvalue weighted by Crippen LogP contribution is -2.31. The molecule has 8 atom stereocenters. The van der Waals surface area contributed by atoms with Crippen LogP contribution in [0.3, 0.4) is 0 Å². The minimum atomic E-state index is -0.453. The predicted molar refractivity (Wildman–Crippen MR) is 86.5 cm³/mol. The van der Waals surface area contributed by atoms with Crippen LogP contribution in [-0.4, -0.2) is 11.0 Å². The van der Waals surface area contributed by atoms with Crippen molar-refractivity contribution >= 4 is 11.6 Å². The first-order valence-corrected chi connectivity index (χ1v) is 9.51. The van der Waals surface area contributed by atoms with Crippen molar-refractivity contribution in [2.24, 2.45) is 45.7 Å². The van der Waals surface area contributed by atoms with E-state index in [1.54, 1.807) is 0 Å². The van der Waals surface area contributed by atoms with E-state index in [1.165, 1.54) is 51.4 Å². The molecule has 0 spiro atoms. The van der Waals surface area contributed by atoms with E-state index in [4.69, 9.17) is 16.7 Å². The second-order valence-corrected chi connectivity index (χ2v) is 9.37. The van der Waals surface area contributed by atoms with Gasteiger partial charge in [-0.05, 0) is 82.0 Å². The van der Waals surface area contributed by atoms with Gasteiger partial charge in [-0.25, -0.2) is 0 Å². The molecule has 8 unspecified atom stereocenters. The van der Waals surface area contributed by atoms with Gasteiger partial charge in [0.25, 0.3) is 0 Å². The van der Waals surface area contributed by atoms with Crippen molar-refractivity contribution in [2.45, 2.75) is 76.3 Å². The minimum absolute atomic E-state index is 0.372. The summed E-state index contributed by atoms with van der Waals surface area (Å²) in [7, 11) is 0. The van der Waals surface area contributed by atoms with E-state index in [1.807, 2.05) is 0 Å². The largest absolute Gasteiger partial charge is 0.189 e. The Morgan fingerprint density at radius 3 is 2.14 bits per heavy atom. The molecule has 4 saturated carbocycles. The maximum absolute atomic E-state index is 6.81. The van der Waals surface area contributed by atoms with Crippen molar-refractivity contribution in [3.8, 4) is 0 Å². The van der Waals surface area contributed by atoms with Crippen LogP contribution in [0.1, 0.15) is 65.2 Å². The lowest BCUT2D eigenvalue weighted by molar-refractivity contribution is 0.247. The third-order valence-electron chi connectivity index (χ3n) is 7.26. The van der Waals surface area contributed by atoms with E-state index < -0.39 is 5.00 Å². The monoisotopic (exact) mass is 308 g/mol. The van der Waals surface area contributed by atoms with E-state index in [2.05, 4.69) is 19.0 Å². The van der Waals surface area contributed by atoms with Crippen molar-refractivity contribution in [2.75, 3.05) is 0 Å². The van der Waals surface area contributed by atoms with Gasteiger partial charge in [0.1, 0.15) is 0 Å². The number of halogens is 1. The Hall–Kier alpha value is -0.110. The molecule has 21 heavy (non-hydrogen) atoms. The zero-order valence-electron chi connectivity index (χ0n) is 13.5. The molecule has 4 aliphatic rings. The van der Waals surface area contributed by atoms with Gasteiger partial charge in [0.15, 0.2) is 5.00 Å². The third-order valence-corrected chi connectivity index (χ3v) is 7.62. The number of hydrogen-bond donors (Lipinski definition) is 0. The van der Waals surface area contributed by atoms with Gasteiger partial charge >= 0.3 is 0 Å². The number of hydrogen-bond acceptors (Lipinski definition) is 2. The molecule has 0 N–H and O–H groups in total. The number of fused-ring (bicyclic) bond motifs is 4. The average Bonchev–Trinajstić information content (AvgIpc) is 3.22. The number of azo groups is 1. The van der Waals surface area contributed by atoms with E-state index in [0.29, 0.717) is 12.0 Å². The molecule has 0 aromatic rings. The molecule has 0 radical (unpaired) electrons. The van der Waals surface area contributed by atoms with Crippen molar-refractivity contribution in [3.63, 3.8) is 0 Å². The van der Waals surface area contributed by atoms with Crippen molar-refractivity contribution in [1.82, 2.24) is 0 Å². The van der Waals surface area contributed by atoms with Crippen molar-refractivity contribution in [3.05, 3.63) is 0 Å². The summed E-state index contributed by atoms with van der Waals surface area (Å²) < 4.78 is 0. The number of nitrogens with zero attached hydrogens (tertiary/aromatic N) is 2. The third kappa shape index (κ3) is 2.56. The highest BCUT2D eigenvalue weighted by molar-refractivity contribution is 6.23. The maximum atomic E-state index is 6.81. The SMILES string of the molecule is CC(N=NC(C)(Cl)C1CC2CCC1C2)C1CC2CCC1C2. The van der Waals surface area contributed by atoms with Crippen LogP contribution >= 0.6 is 11.6 Å². The van der Waals surface area contributed by atoms with Gasteiger partial charge in [0, 0.05) is 5.92 Å². The summed E-state index contributed by atoms with van der Waals surface area (Å²) in [6, 6.07) is 0.372. The summed E-state index contributed by atoms with van der Waals surface area (Å²) in [5.74, 6) is 5.00. The van der Waals surface area contributed by atoms with Crippen LogP contribution < -0.4 is 0 Å². The quantitative estimate of drug-likeness (QED) is 0.364. The van der Waals surface area contributed by atoms with Crippen LogP contribution in [0.4, 0.5) is 0 Å². The Morgan fingerprint density at radius 1 is 0.952 bits per heavy atom.